The second-order valence-corrected chi connectivity index (χ2v) is 8.79. The van der Waals surface area contributed by atoms with Crippen molar-refractivity contribution in [2.75, 3.05) is 24.5 Å². The van der Waals surface area contributed by atoms with Gasteiger partial charge in [-0.15, -0.1) is 0 Å². The normalized spacial score (nSPS) is 22.2. The molecule has 1 aromatic heterocycles. The number of rotatable bonds is 4. The zero-order chi connectivity index (χ0) is 21.4. The van der Waals surface area contributed by atoms with Crippen molar-refractivity contribution in [2.45, 2.75) is 51.1 Å². The minimum atomic E-state index is -0.715. The molecule has 0 unspecified atom stereocenters. The van der Waals surface area contributed by atoms with E-state index in [0.29, 0.717) is 31.1 Å². The number of carbonyl (C=O) groups excluding carboxylic acids is 1. The number of aromatic nitrogens is 2. The summed E-state index contributed by atoms with van der Waals surface area (Å²) in [5.74, 6) is 0.850. The molecule has 2 aromatic rings. The number of aryl methyl sites for hydroxylation is 1. The van der Waals surface area contributed by atoms with Crippen LogP contribution in [0.4, 0.5) is 10.2 Å². The fourth-order valence-electron chi connectivity index (χ4n) is 4.57. The molecule has 1 fully saturated rings. The van der Waals surface area contributed by atoms with Crippen molar-refractivity contribution in [3.63, 3.8) is 0 Å². The molecule has 4 rings (SSSR count). The van der Waals surface area contributed by atoms with Gasteiger partial charge in [0, 0.05) is 36.9 Å². The van der Waals surface area contributed by atoms with Crippen LogP contribution in [-0.4, -0.2) is 52.5 Å². The monoisotopic (exact) mass is 431 g/mol. The average molecular weight is 432 g/mol. The van der Waals surface area contributed by atoms with E-state index in [0.717, 1.165) is 24.4 Å². The number of hydrogen-bond donors (Lipinski definition) is 1. The summed E-state index contributed by atoms with van der Waals surface area (Å²) >= 11 is 5.73. The van der Waals surface area contributed by atoms with Crippen molar-refractivity contribution in [1.29, 1.82) is 0 Å². The highest BCUT2D eigenvalue weighted by Crippen LogP contribution is 2.38. The summed E-state index contributed by atoms with van der Waals surface area (Å²) in [6.07, 6.45) is 4.03. The lowest BCUT2D eigenvalue weighted by molar-refractivity contribution is -0.133. The minimum absolute atomic E-state index is 0.0640. The van der Waals surface area contributed by atoms with Crippen LogP contribution in [0.3, 0.4) is 0 Å². The van der Waals surface area contributed by atoms with Crippen molar-refractivity contribution in [3.8, 4) is 0 Å². The van der Waals surface area contributed by atoms with Crippen LogP contribution in [-0.2, 0) is 17.6 Å². The number of nitrogens with two attached hydrogens (primary N) is 1. The average Bonchev–Trinajstić information content (AvgIpc) is 3.11. The first-order valence-corrected chi connectivity index (χ1v) is 10.8. The molecule has 30 heavy (non-hydrogen) atoms. The molecular weight excluding hydrogens is 405 g/mol. The van der Waals surface area contributed by atoms with Crippen LogP contribution in [0.1, 0.15) is 43.0 Å². The molecule has 0 radical (unpaired) electrons. The van der Waals surface area contributed by atoms with E-state index in [1.54, 1.807) is 12.4 Å². The van der Waals surface area contributed by atoms with Crippen molar-refractivity contribution >= 4 is 23.3 Å². The Morgan fingerprint density at radius 2 is 2.13 bits per heavy atom. The lowest BCUT2D eigenvalue weighted by Crippen LogP contribution is -2.57. The first-order valence-electron chi connectivity index (χ1n) is 10.4. The first-order chi connectivity index (χ1) is 14.3. The van der Waals surface area contributed by atoms with E-state index in [4.69, 9.17) is 17.3 Å². The van der Waals surface area contributed by atoms with Gasteiger partial charge in [0.2, 0.25) is 5.91 Å². The molecule has 0 bridgehead atoms. The molecule has 2 N–H and O–H groups in total. The Balaban J connectivity index is 1.42. The number of amides is 1. The van der Waals surface area contributed by atoms with Gasteiger partial charge in [-0.25, -0.2) is 14.4 Å². The third-order valence-corrected chi connectivity index (χ3v) is 6.53. The van der Waals surface area contributed by atoms with E-state index >= 15 is 0 Å². The van der Waals surface area contributed by atoms with E-state index in [1.807, 2.05) is 4.90 Å². The first kappa shape index (κ1) is 21.0. The smallest absolute Gasteiger partial charge is 0.239 e. The molecule has 2 heterocycles. The Hall–Kier alpha value is -2.25. The van der Waals surface area contributed by atoms with Gasteiger partial charge in [0.05, 0.1) is 11.1 Å². The minimum Gasteiger partial charge on any atom is -0.350 e. The number of hydrogen-bond acceptors (Lipinski definition) is 5. The highest BCUT2D eigenvalue weighted by molar-refractivity contribution is 6.30. The number of nitrogens with zero attached hydrogens (tertiary/aromatic N) is 4. The summed E-state index contributed by atoms with van der Waals surface area (Å²) in [5, 5.41) is 0.0640. The molecule has 6 nitrogen and oxygen atoms in total. The second kappa shape index (κ2) is 8.47. The maximum atomic E-state index is 13.7. The van der Waals surface area contributed by atoms with Gasteiger partial charge in [-0.05, 0) is 49.8 Å². The number of benzene rings is 1. The largest absolute Gasteiger partial charge is 0.350 e. The molecule has 1 aromatic carbocycles. The lowest BCUT2D eigenvalue weighted by Gasteiger charge is -2.42. The number of fused-ring (bicyclic) bond motifs is 1. The van der Waals surface area contributed by atoms with Crippen LogP contribution >= 0.6 is 11.6 Å². The van der Waals surface area contributed by atoms with Crippen molar-refractivity contribution in [3.05, 3.63) is 52.2 Å². The fourth-order valence-corrected chi connectivity index (χ4v) is 4.68. The topological polar surface area (TPSA) is 75.4 Å². The zero-order valence-corrected chi connectivity index (χ0v) is 18.1. The summed E-state index contributed by atoms with van der Waals surface area (Å²) in [6.45, 7) is 6.19. The van der Waals surface area contributed by atoms with E-state index in [1.165, 1.54) is 17.7 Å². The van der Waals surface area contributed by atoms with E-state index in [9.17, 15) is 9.18 Å². The van der Waals surface area contributed by atoms with Gasteiger partial charge in [-0.3, -0.25) is 4.79 Å². The third kappa shape index (κ3) is 4.01. The lowest BCUT2D eigenvalue weighted by atomic mass is 10.0. The van der Waals surface area contributed by atoms with Crippen LogP contribution in [0.5, 0.6) is 0 Å². The maximum Gasteiger partial charge on any atom is 0.239 e. The van der Waals surface area contributed by atoms with Gasteiger partial charge in [0.1, 0.15) is 18.0 Å². The van der Waals surface area contributed by atoms with Crippen LogP contribution < -0.4 is 10.6 Å². The predicted molar refractivity (Wildman–Crippen MR) is 115 cm³/mol. The van der Waals surface area contributed by atoms with E-state index < -0.39 is 11.9 Å². The Bertz CT molecular complexity index is 955. The molecule has 1 aliphatic heterocycles. The molecule has 8 heteroatoms. The van der Waals surface area contributed by atoms with Crippen molar-refractivity contribution < 1.29 is 9.18 Å². The standard InChI is InChI=1S/C22H27ClFN5O/c1-13-3-6-19-20(13)21(27-12-26-19)29-8-7-28(11-14(29)2)22(30)18(25)10-15-4-5-16(23)17(24)9-15/h4-5,9,12-14,18H,3,6-8,10-11,25H2,1-2H3/t13-,14+,18-/m1/s1. The highest BCUT2D eigenvalue weighted by Gasteiger charge is 2.33. The number of halogens is 2. The molecule has 160 valence electrons. The summed E-state index contributed by atoms with van der Waals surface area (Å²) < 4.78 is 13.7. The Morgan fingerprint density at radius 3 is 2.87 bits per heavy atom. The molecule has 0 saturated carbocycles. The quantitative estimate of drug-likeness (QED) is 0.805. The van der Waals surface area contributed by atoms with E-state index in [2.05, 4.69) is 28.7 Å². The molecule has 1 amide bonds. The fraction of sp³-hybridized carbons (Fsp3) is 0.500. The van der Waals surface area contributed by atoms with Crippen LogP contribution in [0.15, 0.2) is 24.5 Å². The highest BCUT2D eigenvalue weighted by atomic mass is 35.5. The Labute approximate surface area is 181 Å². The van der Waals surface area contributed by atoms with Gasteiger partial charge in [0.25, 0.3) is 0 Å². The number of anilines is 1. The summed E-state index contributed by atoms with van der Waals surface area (Å²) in [5.41, 5.74) is 9.24. The summed E-state index contributed by atoms with van der Waals surface area (Å²) in [7, 11) is 0. The van der Waals surface area contributed by atoms with Gasteiger partial charge >= 0.3 is 0 Å². The van der Waals surface area contributed by atoms with Gasteiger partial charge in [-0.1, -0.05) is 24.6 Å². The van der Waals surface area contributed by atoms with Crippen LogP contribution in [0.2, 0.25) is 5.02 Å². The summed E-state index contributed by atoms with van der Waals surface area (Å²) in [6, 6.07) is 3.94. The SMILES string of the molecule is C[C@@H]1CCc2ncnc(N3CCN(C(=O)[C@H](N)Cc4ccc(Cl)c(F)c4)C[C@@H]3C)c21. The van der Waals surface area contributed by atoms with Crippen LogP contribution in [0.25, 0.3) is 0 Å². The molecule has 1 aliphatic carbocycles. The predicted octanol–water partition coefficient (Wildman–Crippen LogP) is 2.93. The van der Waals surface area contributed by atoms with Gasteiger partial charge < -0.3 is 15.5 Å². The van der Waals surface area contributed by atoms with Crippen molar-refractivity contribution in [1.82, 2.24) is 14.9 Å². The molecule has 1 saturated heterocycles. The van der Waals surface area contributed by atoms with Gasteiger partial charge in [-0.2, -0.15) is 0 Å². The molecule has 0 spiro atoms. The number of piperazine rings is 1. The molecule has 3 atom stereocenters. The zero-order valence-electron chi connectivity index (χ0n) is 17.3. The molecular formula is C22H27ClFN5O. The number of carbonyl (C=O) groups is 1. The van der Waals surface area contributed by atoms with E-state index in [-0.39, 0.29) is 23.4 Å². The Kier molecular flexibility index (Phi) is 5.93. The Morgan fingerprint density at radius 1 is 1.33 bits per heavy atom. The van der Waals surface area contributed by atoms with Crippen LogP contribution in [0, 0.1) is 5.82 Å². The second-order valence-electron chi connectivity index (χ2n) is 8.38. The summed E-state index contributed by atoms with van der Waals surface area (Å²) in [4.78, 5) is 26.1. The van der Waals surface area contributed by atoms with Gasteiger partial charge in [0.15, 0.2) is 0 Å². The third-order valence-electron chi connectivity index (χ3n) is 6.22. The van der Waals surface area contributed by atoms with Crippen molar-refractivity contribution in [2.24, 2.45) is 5.73 Å². The maximum absolute atomic E-state index is 13.7. The molecule has 2 aliphatic rings.